The van der Waals surface area contributed by atoms with Gasteiger partial charge in [-0.1, -0.05) is 38.1 Å². The molecule has 83 heavy (non-hydrogen) atoms. The maximum absolute atomic E-state index is 14.4. The molecule has 8 N–H and O–H groups in total. The number of likely N-dealkylation sites (N-methyl/N-ethyl adjacent to an activating group) is 2. The number of carbonyl (C=O) groups excluding carboxylic acids is 8. The summed E-state index contributed by atoms with van der Waals surface area (Å²) in [7, 11) is 5.83. The number of nitrogens with one attached hydrogen (secondary N) is 3. The van der Waals surface area contributed by atoms with E-state index in [9.17, 15) is 43.5 Å². The number of nitrogens with two attached hydrogens (primary N) is 2. The zero-order chi connectivity index (χ0) is 60.0. The molecule has 3 heterocycles. The predicted octanol–water partition coefficient (Wildman–Crippen LogP) is 3.82. The first-order chi connectivity index (χ1) is 39.6. The molecule has 1 unspecified atom stereocenters. The molecule has 27 heteroatoms. The van der Waals surface area contributed by atoms with Crippen LogP contribution in [0.2, 0.25) is 0 Å². The van der Waals surface area contributed by atoms with Gasteiger partial charge in [0, 0.05) is 88.1 Å². The van der Waals surface area contributed by atoms with Gasteiger partial charge in [0.05, 0.1) is 48.7 Å². The largest absolute Gasteiger partial charge is 0.507 e. The minimum absolute atomic E-state index is 0.0141. The standard InChI is InChI=1S/C56H71IN8O18/c1-27(2)44(58)51(71)62-34(11-9-17-60-54(59)72)50(70)61-31-15-13-29(14-16-31)25-78-55(73)63(4)18-19-64(5)56(74)79-26-36(66)30-22-33-41(47(69)42-43(49(33)83-57)45(67)32-10-8-12-37(75-6)40(32)46(42)68)38(23-30)81-39-24-35-48(28(3)80-39)82-52-53(76-7)77-21-20-65(35)52/h8,10,12-16,27-28,30,34-35,38-39,44,48,52-53,69H,9,11,17-26,58H2,1-7H3,(H,61,70)(H,62,71)(H3,59,60,72)/t28-,30+,34-,35-,38-,39-,44?,48+,52+,53-/m0/s1. The highest BCUT2D eigenvalue weighted by Crippen LogP contribution is 2.53. The normalized spacial score (nSPS) is 23.2. The minimum Gasteiger partial charge on any atom is -0.507 e. The van der Waals surface area contributed by atoms with Gasteiger partial charge in [0.25, 0.3) is 0 Å². The van der Waals surface area contributed by atoms with Crippen molar-refractivity contribution in [3.8, 4) is 17.2 Å². The summed E-state index contributed by atoms with van der Waals surface area (Å²) in [5.41, 5.74) is 12.1. The molecule has 450 valence electrons. The summed E-state index contributed by atoms with van der Waals surface area (Å²) >= 11 is 1.61. The van der Waals surface area contributed by atoms with Crippen molar-refractivity contribution in [2.24, 2.45) is 23.3 Å². The third kappa shape index (κ3) is 13.8. The van der Waals surface area contributed by atoms with E-state index in [2.05, 4.69) is 20.9 Å². The number of primary amides is 1. The SMILES string of the molecule is COc1cccc2c1C(=O)c1c(O)c3c(c(OI)c1C2=O)C[C@@H](C(=O)COC(=O)N(C)CCN(C)C(=O)OCc1ccc(NC(=O)[C@H](CCCNC(N)=O)NC(=O)C(N)C(C)C)cc1)C[C@@H]3O[C@H]1C[C@H]2[C@H](O[C@@H]3[C@@H](OC)OCCN32)[C@H](C)O1. The fourth-order valence-corrected chi connectivity index (χ4v) is 11.5. The monoisotopic (exact) mass is 1270 g/mol. The molecule has 0 spiro atoms. The van der Waals surface area contributed by atoms with E-state index in [1.165, 1.54) is 37.1 Å². The summed E-state index contributed by atoms with van der Waals surface area (Å²) in [5, 5.41) is 20.2. The number of rotatable bonds is 22. The highest BCUT2D eigenvalue weighted by molar-refractivity contribution is 14.1. The van der Waals surface area contributed by atoms with Crippen LogP contribution in [-0.4, -0.2) is 184 Å². The molecule has 6 amide bonds. The number of urea groups is 1. The van der Waals surface area contributed by atoms with Crippen LogP contribution in [0.5, 0.6) is 17.2 Å². The first-order valence-electron chi connectivity index (χ1n) is 27.3. The molecule has 0 saturated carbocycles. The first kappa shape index (κ1) is 62.3. The third-order valence-electron chi connectivity index (χ3n) is 15.6. The number of methoxy groups -OCH3 is 2. The molecule has 0 radical (unpaired) electrons. The van der Waals surface area contributed by atoms with E-state index >= 15 is 0 Å². The third-order valence-corrected chi connectivity index (χ3v) is 16.0. The minimum atomic E-state index is -1.11. The number of amides is 6. The van der Waals surface area contributed by atoms with Crippen molar-refractivity contribution in [3.63, 3.8) is 0 Å². The van der Waals surface area contributed by atoms with Gasteiger partial charge < -0.3 is 83.3 Å². The molecule has 8 rings (SSSR count). The lowest BCUT2D eigenvalue weighted by molar-refractivity contribution is -0.254. The van der Waals surface area contributed by atoms with E-state index in [1.807, 2.05) is 6.92 Å². The molecule has 0 bridgehead atoms. The molecule has 2 aliphatic carbocycles. The second-order valence-corrected chi connectivity index (χ2v) is 21.8. The number of halogens is 1. The van der Waals surface area contributed by atoms with E-state index in [0.717, 1.165) is 0 Å². The number of nitrogens with zero attached hydrogens (tertiary/aromatic N) is 3. The molecule has 3 aromatic carbocycles. The zero-order valence-corrected chi connectivity index (χ0v) is 49.3. The van der Waals surface area contributed by atoms with Crippen LogP contribution in [0, 0.1) is 11.8 Å². The molecule has 10 atom stereocenters. The van der Waals surface area contributed by atoms with Crippen LogP contribution in [-0.2, 0) is 60.6 Å². The van der Waals surface area contributed by atoms with Crippen LogP contribution in [0.3, 0.4) is 0 Å². The Hall–Kier alpha value is -6.73. The van der Waals surface area contributed by atoms with Crippen LogP contribution in [0.25, 0.3) is 0 Å². The summed E-state index contributed by atoms with van der Waals surface area (Å²) in [6.45, 7) is 5.78. The average Bonchev–Trinajstić information content (AvgIpc) is 4.02. The Balaban J connectivity index is 0.886. The summed E-state index contributed by atoms with van der Waals surface area (Å²) in [6.07, 6.45) is -4.84. The Morgan fingerprint density at radius 3 is 2.29 bits per heavy atom. The molecule has 3 saturated heterocycles. The summed E-state index contributed by atoms with van der Waals surface area (Å²) < 4.78 is 53.4. The van der Waals surface area contributed by atoms with Crippen molar-refractivity contribution in [1.29, 1.82) is 0 Å². The lowest BCUT2D eigenvalue weighted by Crippen LogP contribution is -2.55. The Morgan fingerprint density at radius 2 is 1.63 bits per heavy atom. The first-order valence-corrected chi connectivity index (χ1v) is 28.1. The lowest BCUT2D eigenvalue weighted by atomic mass is 9.73. The lowest BCUT2D eigenvalue weighted by Gasteiger charge is -2.42. The number of ether oxygens (including phenoxy) is 8. The smallest absolute Gasteiger partial charge is 0.409 e. The van der Waals surface area contributed by atoms with Gasteiger partial charge >= 0.3 is 18.2 Å². The predicted molar refractivity (Wildman–Crippen MR) is 302 cm³/mol. The van der Waals surface area contributed by atoms with E-state index in [1.54, 1.807) is 80.4 Å². The van der Waals surface area contributed by atoms with Crippen molar-refractivity contribution in [2.75, 3.05) is 73.0 Å². The average molecular weight is 1270 g/mol. The Bertz CT molecular complexity index is 2950. The van der Waals surface area contributed by atoms with Gasteiger partial charge in [-0.25, -0.2) is 14.4 Å². The highest BCUT2D eigenvalue weighted by Gasteiger charge is 2.54. The fourth-order valence-electron chi connectivity index (χ4n) is 11.0. The number of aromatic hydroxyl groups is 1. The summed E-state index contributed by atoms with van der Waals surface area (Å²) in [5.74, 6) is -4.27. The second kappa shape index (κ2) is 27.3. The Morgan fingerprint density at radius 1 is 0.916 bits per heavy atom. The highest BCUT2D eigenvalue weighted by atomic mass is 127. The summed E-state index contributed by atoms with van der Waals surface area (Å²) in [4.78, 5) is 111. The molecule has 3 fully saturated rings. The number of carbonyl (C=O) groups is 8. The number of Topliss-reactive ketones (excluding diaryl/α,β-unsaturated/α-hetero) is 1. The maximum Gasteiger partial charge on any atom is 0.409 e. The Kier molecular flexibility index (Phi) is 20.5. The van der Waals surface area contributed by atoms with Crippen LogP contribution in [0.4, 0.5) is 20.1 Å². The molecule has 0 aromatic heterocycles. The van der Waals surface area contributed by atoms with E-state index in [0.29, 0.717) is 37.2 Å². The van der Waals surface area contributed by atoms with Crippen LogP contribution >= 0.6 is 23.0 Å². The fraction of sp³-hybridized carbons (Fsp3) is 0.536. The van der Waals surface area contributed by atoms with Crippen LogP contribution < -0.4 is 35.2 Å². The number of phenols is 1. The molecule has 3 aliphatic heterocycles. The van der Waals surface area contributed by atoms with E-state index in [4.69, 9.17) is 52.4 Å². The van der Waals surface area contributed by atoms with Crippen molar-refractivity contribution in [3.05, 3.63) is 81.4 Å². The van der Waals surface area contributed by atoms with Gasteiger partial charge in [0.15, 0.2) is 60.0 Å². The van der Waals surface area contributed by atoms with E-state index < -0.39 is 109 Å². The van der Waals surface area contributed by atoms with Crippen LogP contribution in [0.1, 0.15) is 101 Å². The topological polar surface area (TPSA) is 338 Å². The molecule has 3 aromatic rings. The molecule has 5 aliphatic rings. The van der Waals surface area contributed by atoms with Gasteiger partial charge in [-0.15, -0.1) is 0 Å². The maximum atomic E-state index is 14.4. The Labute approximate surface area is 493 Å². The number of morpholine rings is 1. The van der Waals surface area contributed by atoms with Crippen molar-refractivity contribution in [2.45, 2.75) is 115 Å². The quantitative estimate of drug-likeness (QED) is 0.0481. The van der Waals surface area contributed by atoms with Crippen molar-refractivity contribution >= 4 is 76.1 Å². The van der Waals surface area contributed by atoms with Gasteiger partial charge in [-0.05, 0) is 62.3 Å². The van der Waals surface area contributed by atoms with Crippen molar-refractivity contribution < 1.29 is 84.4 Å². The van der Waals surface area contributed by atoms with E-state index in [-0.39, 0.29) is 108 Å². The molecule has 26 nitrogen and oxygen atoms in total. The number of ketones is 3. The number of anilines is 1. The molecular weight excluding hydrogens is 1200 g/mol. The van der Waals surface area contributed by atoms with Gasteiger partial charge in [-0.2, -0.15) is 0 Å². The van der Waals surface area contributed by atoms with Gasteiger partial charge in [0.2, 0.25) is 17.6 Å². The van der Waals surface area contributed by atoms with Gasteiger partial charge in [-0.3, -0.25) is 28.9 Å². The number of benzene rings is 3. The number of hydrogen-bond donors (Lipinski definition) is 6. The number of phenolic OH excluding ortho intramolecular Hbond substituents is 1. The molecular formula is C56H71IN8O18. The van der Waals surface area contributed by atoms with Crippen molar-refractivity contribution in [1.82, 2.24) is 25.3 Å². The number of hydrogen-bond acceptors (Lipinski definition) is 20. The van der Waals surface area contributed by atoms with Crippen LogP contribution in [0.15, 0.2) is 42.5 Å². The second-order valence-electron chi connectivity index (χ2n) is 21.3. The number of fused-ring (bicyclic) bond motifs is 6. The van der Waals surface area contributed by atoms with Gasteiger partial charge in [0.1, 0.15) is 36.0 Å². The summed E-state index contributed by atoms with van der Waals surface area (Å²) in [6, 6.07) is 8.39. The zero-order valence-electron chi connectivity index (χ0n) is 47.1.